The molecule has 1 fully saturated rings. The topological polar surface area (TPSA) is 76.2 Å². The number of rotatable bonds is 4. The minimum absolute atomic E-state index is 0.0446. The molecule has 0 bridgehead atoms. The molecule has 4 rings (SSSR count). The van der Waals surface area contributed by atoms with E-state index in [-0.39, 0.29) is 17.3 Å². The van der Waals surface area contributed by atoms with Gasteiger partial charge in [-0.3, -0.25) is 0 Å². The molecule has 1 saturated carbocycles. The number of hydrogen-bond acceptors (Lipinski definition) is 3. The summed E-state index contributed by atoms with van der Waals surface area (Å²) in [5, 5.41) is 7.55. The summed E-state index contributed by atoms with van der Waals surface area (Å²) in [6.45, 7) is 6.07. The molecular formula is C23H32FN5O. The number of nitrogens with one attached hydrogen (secondary N) is 1. The molecule has 7 heteroatoms. The molecule has 162 valence electrons. The Kier molecular flexibility index (Phi) is 5.82. The van der Waals surface area contributed by atoms with Crippen LogP contribution in [0.25, 0.3) is 5.69 Å². The summed E-state index contributed by atoms with van der Waals surface area (Å²) in [6, 6.07) is 6.95. The van der Waals surface area contributed by atoms with Crippen LogP contribution in [-0.4, -0.2) is 39.8 Å². The molecule has 2 aromatic rings. The number of para-hydroxylation sites is 1. The van der Waals surface area contributed by atoms with Crippen LogP contribution in [0.3, 0.4) is 0 Å². The lowest BCUT2D eigenvalue weighted by molar-refractivity contribution is 0.167. The van der Waals surface area contributed by atoms with Crippen LogP contribution < -0.4 is 11.1 Å². The minimum Gasteiger partial charge on any atom is -0.338 e. The number of nitrogens with two attached hydrogens (primary N) is 1. The van der Waals surface area contributed by atoms with Crippen LogP contribution >= 0.6 is 0 Å². The fourth-order valence-electron chi connectivity index (χ4n) is 4.86. The SMILES string of the molecule is CC1(C)Cc2c(cnn2-c2ccccc2F)CN(C(=O)NCCC2CCC(N)C2)C1. The first kappa shape index (κ1) is 20.8. The fourth-order valence-corrected chi connectivity index (χ4v) is 4.86. The molecule has 2 atom stereocenters. The monoisotopic (exact) mass is 413 g/mol. The molecule has 2 unspecified atom stereocenters. The number of fused-ring (bicyclic) bond motifs is 1. The summed E-state index contributed by atoms with van der Waals surface area (Å²) in [6.07, 6.45) is 6.78. The molecule has 1 aromatic carbocycles. The van der Waals surface area contributed by atoms with E-state index < -0.39 is 0 Å². The average molecular weight is 414 g/mol. The third kappa shape index (κ3) is 4.51. The third-order valence-electron chi connectivity index (χ3n) is 6.36. The maximum Gasteiger partial charge on any atom is 0.317 e. The summed E-state index contributed by atoms with van der Waals surface area (Å²) < 4.78 is 16.1. The zero-order chi connectivity index (χ0) is 21.3. The second kappa shape index (κ2) is 8.38. The molecule has 2 heterocycles. The zero-order valence-corrected chi connectivity index (χ0v) is 17.9. The minimum atomic E-state index is -0.299. The van der Waals surface area contributed by atoms with Crippen molar-refractivity contribution in [3.63, 3.8) is 0 Å². The van der Waals surface area contributed by atoms with E-state index in [1.165, 1.54) is 6.07 Å². The van der Waals surface area contributed by atoms with Crippen LogP contribution in [0.5, 0.6) is 0 Å². The molecule has 0 radical (unpaired) electrons. The van der Waals surface area contributed by atoms with Crippen molar-refractivity contribution < 1.29 is 9.18 Å². The van der Waals surface area contributed by atoms with Crippen molar-refractivity contribution in [3.05, 3.63) is 47.5 Å². The van der Waals surface area contributed by atoms with Crippen molar-refractivity contribution in [1.82, 2.24) is 20.0 Å². The van der Waals surface area contributed by atoms with Gasteiger partial charge in [0.15, 0.2) is 0 Å². The lowest BCUT2D eigenvalue weighted by atomic mass is 9.87. The van der Waals surface area contributed by atoms with Crippen LogP contribution in [0.15, 0.2) is 30.5 Å². The van der Waals surface area contributed by atoms with Gasteiger partial charge >= 0.3 is 6.03 Å². The highest BCUT2D eigenvalue weighted by Gasteiger charge is 2.33. The van der Waals surface area contributed by atoms with Crippen molar-refractivity contribution in [1.29, 1.82) is 0 Å². The summed E-state index contributed by atoms with van der Waals surface area (Å²) in [7, 11) is 0. The van der Waals surface area contributed by atoms with Gasteiger partial charge in [0.1, 0.15) is 11.5 Å². The zero-order valence-electron chi connectivity index (χ0n) is 17.9. The van der Waals surface area contributed by atoms with Gasteiger partial charge < -0.3 is 16.0 Å². The highest BCUT2D eigenvalue weighted by molar-refractivity contribution is 5.74. The van der Waals surface area contributed by atoms with Gasteiger partial charge in [-0.25, -0.2) is 13.9 Å². The predicted octanol–water partition coefficient (Wildman–Crippen LogP) is 3.62. The van der Waals surface area contributed by atoms with E-state index in [1.54, 1.807) is 23.0 Å². The highest BCUT2D eigenvalue weighted by atomic mass is 19.1. The van der Waals surface area contributed by atoms with Gasteiger partial charge in [-0.2, -0.15) is 5.10 Å². The quantitative estimate of drug-likeness (QED) is 0.804. The van der Waals surface area contributed by atoms with Crippen molar-refractivity contribution in [3.8, 4) is 5.69 Å². The summed E-state index contributed by atoms with van der Waals surface area (Å²) in [5.74, 6) is 0.318. The van der Waals surface area contributed by atoms with Crippen LogP contribution in [0.4, 0.5) is 9.18 Å². The number of urea groups is 1. The van der Waals surface area contributed by atoms with Crippen molar-refractivity contribution in [2.24, 2.45) is 17.1 Å². The van der Waals surface area contributed by atoms with E-state index in [4.69, 9.17) is 5.73 Å². The molecule has 2 aliphatic rings. The molecule has 3 N–H and O–H groups in total. The van der Waals surface area contributed by atoms with Crippen LogP contribution in [0.1, 0.15) is 50.8 Å². The van der Waals surface area contributed by atoms with E-state index in [2.05, 4.69) is 24.3 Å². The maximum absolute atomic E-state index is 14.4. The molecular weight excluding hydrogens is 381 g/mol. The fraction of sp³-hybridized carbons (Fsp3) is 0.565. The Morgan fingerprint density at radius 2 is 2.13 bits per heavy atom. The van der Waals surface area contributed by atoms with Crippen molar-refractivity contribution in [2.75, 3.05) is 13.1 Å². The smallest absolute Gasteiger partial charge is 0.317 e. The number of hydrogen-bond donors (Lipinski definition) is 2. The van der Waals surface area contributed by atoms with E-state index in [0.29, 0.717) is 37.3 Å². The lowest BCUT2D eigenvalue weighted by Crippen LogP contribution is -2.44. The van der Waals surface area contributed by atoms with E-state index >= 15 is 0 Å². The van der Waals surface area contributed by atoms with Crippen molar-refractivity contribution >= 4 is 6.03 Å². The van der Waals surface area contributed by atoms with Gasteiger partial charge in [-0.15, -0.1) is 0 Å². The van der Waals surface area contributed by atoms with Gasteiger partial charge in [0.2, 0.25) is 0 Å². The van der Waals surface area contributed by atoms with Gasteiger partial charge in [0.25, 0.3) is 0 Å². The van der Waals surface area contributed by atoms with Crippen LogP contribution in [-0.2, 0) is 13.0 Å². The summed E-state index contributed by atoms with van der Waals surface area (Å²) in [4.78, 5) is 14.8. The molecule has 1 aliphatic heterocycles. The first-order valence-corrected chi connectivity index (χ1v) is 10.9. The number of carbonyl (C=O) groups is 1. The first-order chi connectivity index (χ1) is 14.3. The van der Waals surface area contributed by atoms with E-state index in [0.717, 1.165) is 43.4 Å². The molecule has 30 heavy (non-hydrogen) atoms. The Hall–Kier alpha value is -2.41. The van der Waals surface area contributed by atoms with Crippen LogP contribution in [0, 0.1) is 17.2 Å². The Morgan fingerprint density at radius 1 is 1.33 bits per heavy atom. The van der Waals surface area contributed by atoms with E-state index in [1.807, 2.05) is 11.0 Å². The summed E-state index contributed by atoms with van der Waals surface area (Å²) in [5.41, 5.74) is 8.24. The number of aromatic nitrogens is 2. The predicted molar refractivity (Wildman–Crippen MR) is 115 cm³/mol. The second-order valence-corrected chi connectivity index (χ2v) is 9.64. The molecule has 6 nitrogen and oxygen atoms in total. The summed E-state index contributed by atoms with van der Waals surface area (Å²) >= 11 is 0. The second-order valence-electron chi connectivity index (χ2n) is 9.64. The van der Waals surface area contributed by atoms with Gasteiger partial charge in [0.05, 0.1) is 12.7 Å². The Bertz CT molecular complexity index is 909. The van der Waals surface area contributed by atoms with Crippen molar-refractivity contribution in [2.45, 2.75) is 58.5 Å². The van der Waals surface area contributed by atoms with E-state index in [9.17, 15) is 9.18 Å². The Labute approximate surface area is 177 Å². The average Bonchev–Trinajstić information content (AvgIpc) is 3.24. The van der Waals surface area contributed by atoms with Crippen LogP contribution in [0.2, 0.25) is 0 Å². The normalized spacial score (nSPS) is 23.1. The maximum atomic E-state index is 14.4. The molecule has 0 spiro atoms. The number of benzene rings is 1. The number of halogens is 1. The molecule has 1 aromatic heterocycles. The Morgan fingerprint density at radius 3 is 2.87 bits per heavy atom. The standard InChI is InChI=1S/C23H32FN5O/c1-23(2)12-21-17(13-27-29(21)20-6-4-3-5-19(20)24)14-28(15-23)22(30)26-10-9-16-7-8-18(25)11-16/h3-6,13,16,18H,7-12,14-15,25H2,1-2H3,(H,26,30). The number of carbonyl (C=O) groups excluding carboxylic acids is 1. The van der Waals surface area contributed by atoms with Gasteiger partial charge in [-0.05, 0) is 55.6 Å². The molecule has 0 saturated heterocycles. The van der Waals surface area contributed by atoms with Gasteiger partial charge in [-0.1, -0.05) is 26.0 Å². The first-order valence-electron chi connectivity index (χ1n) is 10.9. The highest BCUT2D eigenvalue weighted by Crippen LogP contribution is 2.32. The number of nitrogens with zero attached hydrogens (tertiary/aromatic N) is 3. The Balaban J connectivity index is 1.47. The number of amides is 2. The molecule has 2 amide bonds. The third-order valence-corrected chi connectivity index (χ3v) is 6.36. The van der Waals surface area contributed by atoms with Gasteiger partial charge in [0, 0.05) is 30.4 Å². The largest absolute Gasteiger partial charge is 0.338 e. The molecule has 1 aliphatic carbocycles. The lowest BCUT2D eigenvalue weighted by Gasteiger charge is -2.30.